The van der Waals surface area contributed by atoms with Gasteiger partial charge in [0.25, 0.3) is 0 Å². The molecule has 0 spiro atoms. The third-order valence-electron chi connectivity index (χ3n) is 1.75. The summed E-state index contributed by atoms with van der Waals surface area (Å²) in [6.45, 7) is 2.60. The van der Waals surface area contributed by atoms with Gasteiger partial charge in [-0.3, -0.25) is 0 Å². The van der Waals surface area contributed by atoms with Gasteiger partial charge in [0.1, 0.15) is 5.65 Å². The van der Waals surface area contributed by atoms with Crippen LogP contribution >= 0.6 is 22.6 Å². The number of nitrogens with zero attached hydrogens (tertiary/aromatic N) is 1. The van der Waals surface area contributed by atoms with Crippen molar-refractivity contribution in [2.45, 2.75) is 6.92 Å². The number of hydrogen-bond donors (Lipinski definition) is 1. The van der Waals surface area contributed by atoms with Crippen molar-refractivity contribution in [3.63, 3.8) is 0 Å². The van der Waals surface area contributed by atoms with Crippen molar-refractivity contribution >= 4 is 33.6 Å². The first-order valence-corrected chi connectivity index (χ1v) is 5.15. The molecule has 1 N–H and O–H groups in total. The summed E-state index contributed by atoms with van der Waals surface area (Å²) in [4.78, 5) is 7.39. The van der Waals surface area contributed by atoms with Gasteiger partial charge in [-0.15, -0.1) is 0 Å². The Hall–Kier alpha value is -0.780. The molecule has 4 heteroatoms. The molecule has 0 bridgehead atoms. The summed E-state index contributed by atoms with van der Waals surface area (Å²) in [5, 5.41) is 1.14. The second-order valence-electron chi connectivity index (χ2n) is 2.62. The van der Waals surface area contributed by atoms with Gasteiger partial charge < -0.3 is 9.72 Å². The van der Waals surface area contributed by atoms with Gasteiger partial charge in [0.15, 0.2) is 0 Å². The van der Waals surface area contributed by atoms with Crippen LogP contribution in [0.15, 0.2) is 18.3 Å². The van der Waals surface area contributed by atoms with Crippen LogP contribution in [-0.2, 0) is 0 Å². The lowest BCUT2D eigenvalue weighted by Gasteiger charge is -2.00. The Labute approximate surface area is 89.6 Å². The summed E-state index contributed by atoms with van der Waals surface area (Å²) in [6, 6.07) is 3.91. The smallest absolute Gasteiger partial charge is 0.215 e. The molecule has 68 valence electrons. The van der Waals surface area contributed by atoms with Crippen LogP contribution in [0.5, 0.6) is 5.88 Å². The first kappa shape index (κ1) is 8.80. The van der Waals surface area contributed by atoms with Crippen molar-refractivity contribution in [2.75, 3.05) is 6.61 Å². The third kappa shape index (κ3) is 1.63. The van der Waals surface area contributed by atoms with Crippen molar-refractivity contribution in [1.82, 2.24) is 9.97 Å². The van der Waals surface area contributed by atoms with Gasteiger partial charge in [0.2, 0.25) is 5.88 Å². The van der Waals surface area contributed by atoms with Gasteiger partial charge in [-0.1, -0.05) is 0 Å². The Morgan fingerprint density at radius 3 is 3.15 bits per heavy atom. The Morgan fingerprint density at radius 1 is 1.54 bits per heavy atom. The van der Waals surface area contributed by atoms with E-state index >= 15 is 0 Å². The van der Waals surface area contributed by atoms with Crippen LogP contribution in [0.3, 0.4) is 0 Å². The molecule has 0 aliphatic rings. The highest BCUT2D eigenvalue weighted by atomic mass is 127. The van der Waals surface area contributed by atoms with Crippen LogP contribution in [0, 0.1) is 3.57 Å². The number of ether oxygens (including phenoxy) is 1. The number of fused-ring (bicyclic) bond motifs is 1. The Bertz CT molecular complexity index is 424. The molecule has 0 aliphatic carbocycles. The quantitative estimate of drug-likeness (QED) is 0.862. The Balaban J connectivity index is 2.50. The fraction of sp³-hybridized carbons (Fsp3) is 0.222. The number of hydrogen-bond acceptors (Lipinski definition) is 2. The third-order valence-corrected chi connectivity index (χ3v) is 2.65. The lowest BCUT2D eigenvalue weighted by molar-refractivity contribution is 0.328. The maximum atomic E-state index is 5.29. The second kappa shape index (κ2) is 3.53. The van der Waals surface area contributed by atoms with E-state index in [1.807, 2.05) is 25.3 Å². The average molecular weight is 288 g/mol. The molecule has 0 unspecified atom stereocenters. The van der Waals surface area contributed by atoms with Gasteiger partial charge in [0, 0.05) is 21.2 Å². The normalized spacial score (nSPS) is 10.6. The minimum Gasteiger partial charge on any atom is -0.478 e. The predicted molar refractivity (Wildman–Crippen MR) is 60.0 cm³/mol. The highest BCUT2D eigenvalue weighted by Crippen LogP contribution is 2.20. The number of nitrogens with one attached hydrogen (secondary N) is 1. The lowest BCUT2D eigenvalue weighted by atomic mass is 10.3. The Kier molecular flexibility index (Phi) is 2.39. The largest absolute Gasteiger partial charge is 0.478 e. The van der Waals surface area contributed by atoms with E-state index < -0.39 is 0 Å². The van der Waals surface area contributed by atoms with Crippen LogP contribution in [0.2, 0.25) is 0 Å². The van der Waals surface area contributed by atoms with E-state index in [9.17, 15) is 0 Å². The zero-order chi connectivity index (χ0) is 9.26. The number of pyridine rings is 1. The molecule has 0 fully saturated rings. The van der Waals surface area contributed by atoms with E-state index in [0.717, 1.165) is 11.0 Å². The van der Waals surface area contributed by atoms with Crippen LogP contribution in [0.4, 0.5) is 0 Å². The van der Waals surface area contributed by atoms with E-state index in [-0.39, 0.29) is 0 Å². The molecule has 0 atom stereocenters. The first-order chi connectivity index (χ1) is 6.31. The average Bonchev–Trinajstić information content (AvgIpc) is 2.48. The maximum Gasteiger partial charge on any atom is 0.215 e. The molecule has 0 aliphatic heterocycles. The summed E-state index contributed by atoms with van der Waals surface area (Å²) in [6.07, 6.45) is 1.94. The molecule has 13 heavy (non-hydrogen) atoms. The number of H-pyrrole nitrogens is 1. The van der Waals surface area contributed by atoms with Crippen LogP contribution in [0.1, 0.15) is 6.92 Å². The molecule has 2 rings (SSSR count). The summed E-state index contributed by atoms with van der Waals surface area (Å²) in [5.74, 6) is 0.674. The first-order valence-electron chi connectivity index (χ1n) is 4.07. The SMILES string of the molecule is CCOc1ccc2c(I)c[nH]c2n1. The summed E-state index contributed by atoms with van der Waals surface area (Å²) in [7, 11) is 0. The van der Waals surface area contributed by atoms with Crippen LogP contribution in [-0.4, -0.2) is 16.6 Å². The summed E-state index contributed by atoms with van der Waals surface area (Å²) < 4.78 is 6.47. The topological polar surface area (TPSA) is 37.9 Å². The molecule has 2 aromatic rings. The van der Waals surface area contributed by atoms with Crippen molar-refractivity contribution in [2.24, 2.45) is 0 Å². The highest BCUT2D eigenvalue weighted by Gasteiger charge is 2.02. The van der Waals surface area contributed by atoms with E-state index in [4.69, 9.17) is 4.74 Å². The van der Waals surface area contributed by atoms with Crippen LogP contribution in [0.25, 0.3) is 11.0 Å². The molecule has 3 nitrogen and oxygen atoms in total. The van der Waals surface area contributed by atoms with E-state index in [0.29, 0.717) is 12.5 Å². The predicted octanol–water partition coefficient (Wildman–Crippen LogP) is 2.57. The second-order valence-corrected chi connectivity index (χ2v) is 3.78. The van der Waals surface area contributed by atoms with E-state index in [2.05, 4.69) is 32.6 Å². The standard InChI is InChI=1S/C9H9IN2O/c1-2-13-8-4-3-6-7(10)5-11-9(6)12-8/h3-5H,2H2,1H3,(H,11,12). The van der Waals surface area contributed by atoms with Crippen LogP contribution < -0.4 is 4.74 Å². The number of rotatable bonds is 2. The van der Waals surface area contributed by atoms with Crippen molar-refractivity contribution in [3.05, 3.63) is 21.9 Å². The van der Waals surface area contributed by atoms with Gasteiger partial charge >= 0.3 is 0 Å². The fourth-order valence-corrected chi connectivity index (χ4v) is 1.77. The molecular formula is C9H9IN2O. The van der Waals surface area contributed by atoms with Gasteiger partial charge in [0.05, 0.1) is 6.61 Å². The summed E-state index contributed by atoms with van der Waals surface area (Å²) >= 11 is 2.27. The summed E-state index contributed by atoms with van der Waals surface area (Å²) in [5.41, 5.74) is 0.885. The molecule has 0 saturated carbocycles. The highest BCUT2D eigenvalue weighted by molar-refractivity contribution is 14.1. The minimum absolute atomic E-state index is 0.649. The zero-order valence-electron chi connectivity index (χ0n) is 7.17. The van der Waals surface area contributed by atoms with Crippen molar-refractivity contribution in [3.8, 4) is 5.88 Å². The monoisotopic (exact) mass is 288 g/mol. The Morgan fingerprint density at radius 2 is 2.38 bits per heavy atom. The molecule has 2 heterocycles. The number of aromatic amines is 1. The van der Waals surface area contributed by atoms with Gasteiger partial charge in [-0.25, -0.2) is 0 Å². The molecule has 0 aromatic carbocycles. The van der Waals surface area contributed by atoms with E-state index in [1.165, 1.54) is 3.57 Å². The van der Waals surface area contributed by atoms with Gasteiger partial charge in [-0.2, -0.15) is 4.98 Å². The molecule has 0 radical (unpaired) electrons. The van der Waals surface area contributed by atoms with Crippen molar-refractivity contribution < 1.29 is 4.74 Å². The van der Waals surface area contributed by atoms with Gasteiger partial charge in [-0.05, 0) is 35.6 Å². The molecule has 0 amide bonds. The zero-order valence-corrected chi connectivity index (χ0v) is 9.33. The molecule has 0 saturated heterocycles. The maximum absolute atomic E-state index is 5.29. The minimum atomic E-state index is 0.649. The molecular weight excluding hydrogens is 279 g/mol. The number of aromatic nitrogens is 2. The lowest BCUT2D eigenvalue weighted by Crippen LogP contribution is -1.93. The fourth-order valence-electron chi connectivity index (χ4n) is 1.18. The van der Waals surface area contributed by atoms with E-state index in [1.54, 1.807) is 0 Å². The number of halogens is 1. The molecule has 2 aromatic heterocycles. The van der Waals surface area contributed by atoms with Crippen molar-refractivity contribution in [1.29, 1.82) is 0 Å².